The average molecular weight is 608 g/mol. The average Bonchev–Trinajstić information content (AvgIpc) is 3.46. The number of nitrogens with zero attached hydrogens (tertiary/aromatic N) is 4. The normalized spacial score (nSPS) is 15.9. The fourth-order valence-electron chi connectivity index (χ4n) is 3.76. The quantitative estimate of drug-likeness (QED) is 0.350. The summed E-state index contributed by atoms with van der Waals surface area (Å²) in [6, 6.07) is 3.91. The molecule has 1 aliphatic heterocycles. The molecule has 3 N–H and O–H groups in total. The van der Waals surface area contributed by atoms with Crippen LogP contribution < -0.4 is 20.0 Å². The Labute approximate surface area is 230 Å². The predicted octanol–water partition coefficient (Wildman–Crippen LogP) is 3.45. The van der Waals surface area contributed by atoms with E-state index in [1.54, 1.807) is 6.92 Å². The Bertz CT molecular complexity index is 1570. The molecule has 40 heavy (non-hydrogen) atoms. The van der Waals surface area contributed by atoms with Crippen molar-refractivity contribution in [2.75, 3.05) is 16.2 Å². The minimum Gasteiger partial charge on any atom is -0.486 e. The van der Waals surface area contributed by atoms with Crippen molar-refractivity contribution in [1.29, 1.82) is 0 Å². The maximum Gasteiger partial charge on any atom is 0.427 e. The molecule has 0 fully saturated rings. The summed E-state index contributed by atoms with van der Waals surface area (Å²) in [5.41, 5.74) is -3.31. The molecule has 13 nitrogen and oxygen atoms in total. The van der Waals surface area contributed by atoms with E-state index in [2.05, 4.69) is 30.3 Å². The first-order valence-electron chi connectivity index (χ1n) is 11.9. The van der Waals surface area contributed by atoms with E-state index in [9.17, 15) is 31.2 Å². The zero-order valence-corrected chi connectivity index (χ0v) is 22.9. The van der Waals surface area contributed by atoms with E-state index >= 15 is 0 Å². The van der Waals surface area contributed by atoms with Crippen LogP contribution in [0, 0.1) is 0 Å². The van der Waals surface area contributed by atoms with Crippen LogP contribution in [0.4, 0.5) is 29.3 Å². The number of aryl methyl sites for hydroxylation is 2. The molecule has 0 radical (unpaired) electrons. The number of benzene rings is 1. The third-order valence-corrected chi connectivity index (χ3v) is 8.17. The Kier molecular flexibility index (Phi) is 7.81. The zero-order chi connectivity index (χ0) is 29.5. The molecular formula is C22H25ClF3N7O6S. The maximum absolute atomic E-state index is 13.8. The van der Waals surface area contributed by atoms with Crippen LogP contribution in [-0.2, 0) is 27.7 Å². The monoisotopic (exact) mass is 607 g/mol. The Balaban J connectivity index is 1.66. The van der Waals surface area contributed by atoms with Crippen LogP contribution in [0.3, 0.4) is 0 Å². The van der Waals surface area contributed by atoms with Gasteiger partial charge in [0.25, 0.3) is 10.0 Å². The largest absolute Gasteiger partial charge is 0.486 e. The molecule has 0 spiro atoms. The lowest BCUT2D eigenvalue weighted by Gasteiger charge is -2.35. The molecule has 0 unspecified atom stereocenters. The smallest absolute Gasteiger partial charge is 0.427 e. The van der Waals surface area contributed by atoms with Crippen molar-refractivity contribution in [1.82, 2.24) is 25.0 Å². The van der Waals surface area contributed by atoms with E-state index in [0.29, 0.717) is 26.2 Å². The molecule has 4 rings (SSSR count). The molecule has 3 heterocycles. The van der Waals surface area contributed by atoms with Crippen LogP contribution in [0.5, 0.6) is 5.75 Å². The number of sulfonamides is 1. The van der Waals surface area contributed by atoms with Gasteiger partial charge in [-0.1, -0.05) is 11.6 Å². The summed E-state index contributed by atoms with van der Waals surface area (Å²) in [4.78, 5) is 25.8. The second kappa shape index (κ2) is 10.7. The minimum absolute atomic E-state index is 0.00220. The number of anilines is 2. The number of aromatic amines is 2. The minimum atomic E-state index is -4.82. The van der Waals surface area contributed by atoms with E-state index < -0.39 is 39.7 Å². The highest BCUT2D eigenvalue weighted by Crippen LogP contribution is 2.41. The van der Waals surface area contributed by atoms with Crippen molar-refractivity contribution < 1.29 is 35.9 Å². The third kappa shape index (κ3) is 6.04. The van der Waals surface area contributed by atoms with Crippen molar-refractivity contribution in [3.63, 3.8) is 0 Å². The Morgan fingerprint density at radius 2 is 2.05 bits per heavy atom. The highest BCUT2D eigenvalue weighted by atomic mass is 35.5. The van der Waals surface area contributed by atoms with Gasteiger partial charge in [-0.25, -0.2) is 23.1 Å². The molecule has 0 aliphatic carbocycles. The highest BCUT2D eigenvalue weighted by molar-refractivity contribution is 7.93. The number of hydrogen-bond acceptors (Lipinski definition) is 8. The molecule has 0 saturated heterocycles. The van der Waals surface area contributed by atoms with Gasteiger partial charge in [0.2, 0.25) is 5.60 Å². The molecule has 0 bridgehead atoms. The van der Waals surface area contributed by atoms with Gasteiger partial charge in [0.05, 0.1) is 12.2 Å². The van der Waals surface area contributed by atoms with Gasteiger partial charge in [-0.15, -0.1) is 0 Å². The molecule has 18 heteroatoms. The molecule has 218 valence electrons. The molecule has 2 aromatic heterocycles. The lowest BCUT2D eigenvalue weighted by molar-refractivity contribution is -0.242. The first-order valence-corrected chi connectivity index (χ1v) is 13.7. The van der Waals surface area contributed by atoms with Crippen LogP contribution in [-0.4, -0.2) is 63.9 Å². The van der Waals surface area contributed by atoms with Gasteiger partial charge in [0, 0.05) is 24.8 Å². The fourth-order valence-corrected chi connectivity index (χ4v) is 5.70. The van der Waals surface area contributed by atoms with Gasteiger partial charge in [0.1, 0.15) is 22.6 Å². The number of carbonyl (C=O) groups excluding carboxylic acids is 1. The predicted molar refractivity (Wildman–Crippen MR) is 136 cm³/mol. The van der Waals surface area contributed by atoms with Gasteiger partial charge in [-0.05, 0) is 45.4 Å². The van der Waals surface area contributed by atoms with Crippen molar-refractivity contribution in [2.45, 2.75) is 62.9 Å². The van der Waals surface area contributed by atoms with E-state index in [-0.39, 0.29) is 46.6 Å². The van der Waals surface area contributed by atoms with Gasteiger partial charge in [0.15, 0.2) is 5.15 Å². The number of halogens is 4. The number of H-pyrrole nitrogens is 2. The van der Waals surface area contributed by atoms with Gasteiger partial charge >= 0.3 is 18.0 Å². The SMILES string of the molecule is CCn1cc(S(=O)(=O)N2C[C@H](CCc3n[nH]c(=O)[nH]3)Oc3ccc(NC(=O)OC(C)(C)C(F)(F)F)cc32)c(Cl)n1. The third-order valence-electron chi connectivity index (χ3n) is 6.00. The fraction of sp³-hybridized carbons (Fsp3) is 0.455. The number of rotatable bonds is 8. The number of alkyl halides is 3. The molecule has 3 aromatic rings. The first kappa shape index (κ1) is 29.3. The maximum atomic E-state index is 13.8. The summed E-state index contributed by atoms with van der Waals surface area (Å²) in [7, 11) is -4.33. The summed E-state index contributed by atoms with van der Waals surface area (Å²) in [5, 5.41) is 12.0. The standard InChI is InChI=1S/C22H25ClF3N7O6S/c1-4-32-11-16(18(23)31-32)40(36,37)33-10-13(6-8-17-28-19(34)30-29-17)38-15-7-5-12(9-14(15)33)27-20(35)39-21(2,3)22(24,25)26/h5,7,9,11,13H,4,6,8,10H2,1-3H3,(H,27,35)(H2,28,29,30,34)/t13-/m0/s1. The number of fused-ring (bicyclic) bond motifs is 1. The summed E-state index contributed by atoms with van der Waals surface area (Å²) in [6.07, 6.45) is -5.13. The summed E-state index contributed by atoms with van der Waals surface area (Å²) in [6.45, 7) is 3.29. The number of ether oxygens (including phenoxy) is 2. The van der Waals surface area contributed by atoms with Gasteiger partial charge in [-0.2, -0.15) is 23.4 Å². The Morgan fingerprint density at radius 1 is 1.32 bits per heavy atom. The van der Waals surface area contributed by atoms with Crippen molar-refractivity contribution >= 4 is 39.1 Å². The molecule has 0 saturated carbocycles. The van der Waals surface area contributed by atoms with Crippen LogP contribution in [0.1, 0.15) is 33.0 Å². The van der Waals surface area contributed by atoms with E-state index in [0.717, 1.165) is 4.31 Å². The number of nitrogens with one attached hydrogen (secondary N) is 3. The number of amides is 1. The lowest BCUT2D eigenvalue weighted by atomic mass is 10.1. The second-order valence-electron chi connectivity index (χ2n) is 9.28. The number of hydrogen-bond donors (Lipinski definition) is 3. The summed E-state index contributed by atoms with van der Waals surface area (Å²) < 4.78 is 79.9. The zero-order valence-electron chi connectivity index (χ0n) is 21.4. The van der Waals surface area contributed by atoms with Gasteiger partial charge in [-0.3, -0.25) is 19.3 Å². The molecule has 1 amide bonds. The van der Waals surface area contributed by atoms with E-state index in [1.807, 2.05) is 0 Å². The second-order valence-corrected chi connectivity index (χ2v) is 11.5. The molecule has 1 aromatic carbocycles. The van der Waals surface area contributed by atoms with Crippen LogP contribution in [0.25, 0.3) is 0 Å². The van der Waals surface area contributed by atoms with Gasteiger partial charge < -0.3 is 9.47 Å². The number of carbonyl (C=O) groups is 1. The van der Waals surface area contributed by atoms with Crippen molar-refractivity contribution in [3.8, 4) is 5.75 Å². The number of aromatic nitrogens is 5. The Morgan fingerprint density at radius 3 is 2.65 bits per heavy atom. The summed E-state index contributed by atoms with van der Waals surface area (Å²) in [5.74, 6) is 0.463. The summed E-state index contributed by atoms with van der Waals surface area (Å²) >= 11 is 6.15. The van der Waals surface area contributed by atoms with Crippen LogP contribution >= 0.6 is 11.6 Å². The van der Waals surface area contributed by atoms with E-state index in [1.165, 1.54) is 29.1 Å². The van der Waals surface area contributed by atoms with E-state index in [4.69, 9.17) is 16.3 Å². The molecular weight excluding hydrogens is 583 g/mol. The molecule has 1 aliphatic rings. The van der Waals surface area contributed by atoms with Crippen molar-refractivity contribution in [2.24, 2.45) is 0 Å². The van der Waals surface area contributed by atoms with Crippen LogP contribution in [0.2, 0.25) is 5.15 Å². The Hall–Kier alpha value is -3.73. The first-order chi connectivity index (χ1) is 18.6. The highest BCUT2D eigenvalue weighted by Gasteiger charge is 2.51. The lowest BCUT2D eigenvalue weighted by Crippen LogP contribution is -2.44. The topological polar surface area (TPSA) is 164 Å². The van der Waals surface area contributed by atoms with Crippen molar-refractivity contribution in [3.05, 3.63) is 45.9 Å². The van der Waals surface area contributed by atoms with Crippen LogP contribution in [0.15, 0.2) is 34.1 Å². The molecule has 1 atom stereocenters.